The van der Waals surface area contributed by atoms with Crippen LogP contribution >= 0.6 is 15.9 Å². The van der Waals surface area contributed by atoms with Gasteiger partial charge < -0.3 is 10.2 Å². The van der Waals surface area contributed by atoms with E-state index in [-0.39, 0.29) is 12.1 Å². The molecule has 1 aromatic rings. The van der Waals surface area contributed by atoms with Crippen molar-refractivity contribution in [2.24, 2.45) is 0 Å². The SMILES string of the molecule is CC(C)NC(=O)N1CCCC(c2ccc(Br)cc2)C1. The van der Waals surface area contributed by atoms with Crippen LogP contribution in [-0.4, -0.2) is 30.1 Å². The highest BCUT2D eigenvalue weighted by molar-refractivity contribution is 9.10. The molecule has 104 valence electrons. The van der Waals surface area contributed by atoms with Gasteiger partial charge in [-0.25, -0.2) is 4.79 Å². The molecule has 0 bridgehead atoms. The summed E-state index contributed by atoms with van der Waals surface area (Å²) >= 11 is 3.46. The van der Waals surface area contributed by atoms with Gasteiger partial charge >= 0.3 is 6.03 Å². The fourth-order valence-corrected chi connectivity index (χ4v) is 2.77. The Labute approximate surface area is 123 Å². The van der Waals surface area contributed by atoms with Crippen LogP contribution in [0.2, 0.25) is 0 Å². The van der Waals surface area contributed by atoms with E-state index in [1.54, 1.807) is 0 Å². The highest BCUT2D eigenvalue weighted by atomic mass is 79.9. The van der Waals surface area contributed by atoms with Crippen LogP contribution in [-0.2, 0) is 0 Å². The number of halogens is 1. The summed E-state index contributed by atoms with van der Waals surface area (Å²) in [6.07, 6.45) is 2.24. The largest absolute Gasteiger partial charge is 0.336 e. The van der Waals surface area contributed by atoms with Gasteiger partial charge in [-0.2, -0.15) is 0 Å². The minimum Gasteiger partial charge on any atom is -0.336 e. The van der Waals surface area contributed by atoms with Crippen molar-refractivity contribution >= 4 is 22.0 Å². The number of rotatable bonds is 2. The van der Waals surface area contributed by atoms with Crippen LogP contribution in [0.5, 0.6) is 0 Å². The van der Waals surface area contributed by atoms with Gasteiger partial charge in [0.2, 0.25) is 0 Å². The van der Waals surface area contributed by atoms with Crippen molar-refractivity contribution in [3.8, 4) is 0 Å². The molecule has 0 aliphatic carbocycles. The third kappa shape index (κ3) is 3.96. The number of carbonyl (C=O) groups excluding carboxylic acids is 1. The Morgan fingerprint density at radius 1 is 1.37 bits per heavy atom. The van der Waals surface area contributed by atoms with Gasteiger partial charge in [0.05, 0.1) is 0 Å². The Hall–Kier alpha value is -1.03. The van der Waals surface area contributed by atoms with Gasteiger partial charge in [0, 0.05) is 29.5 Å². The number of likely N-dealkylation sites (tertiary alicyclic amines) is 1. The summed E-state index contributed by atoms with van der Waals surface area (Å²) in [6, 6.07) is 8.71. The van der Waals surface area contributed by atoms with Crippen molar-refractivity contribution in [2.75, 3.05) is 13.1 Å². The highest BCUT2D eigenvalue weighted by Gasteiger charge is 2.24. The molecule has 0 saturated carbocycles. The monoisotopic (exact) mass is 324 g/mol. The zero-order valence-electron chi connectivity index (χ0n) is 11.5. The van der Waals surface area contributed by atoms with Crippen LogP contribution in [0.1, 0.15) is 38.2 Å². The number of hydrogen-bond acceptors (Lipinski definition) is 1. The third-order valence-corrected chi connectivity index (χ3v) is 3.99. The first-order valence-electron chi connectivity index (χ1n) is 6.87. The van der Waals surface area contributed by atoms with Gasteiger partial charge in [-0.3, -0.25) is 0 Å². The lowest BCUT2D eigenvalue weighted by atomic mass is 9.91. The summed E-state index contributed by atoms with van der Waals surface area (Å²) in [5.74, 6) is 0.458. The number of piperidine rings is 1. The van der Waals surface area contributed by atoms with Crippen molar-refractivity contribution in [3.05, 3.63) is 34.3 Å². The van der Waals surface area contributed by atoms with E-state index in [0.29, 0.717) is 5.92 Å². The number of amides is 2. The molecular weight excluding hydrogens is 304 g/mol. The van der Waals surface area contributed by atoms with Gasteiger partial charge in [0.15, 0.2) is 0 Å². The highest BCUT2D eigenvalue weighted by Crippen LogP contribution is 2.27. The van der Waals surface area contributed by atoms with Gasteiger partial charge in [-0.15, -0.1) is 0 Å². The Morgan fingerprint density at radius 3 is 2.68 bits per heavy atom. The molecule has 2 amide bonds. The fraction of sp³-hybridized carbons (Fsp3) is 0.533. The van der Waals surface area contributed by atoms with Crippen molar-refractivity contribution in [3.63, 3.8) is 0 Å². The Kier molecular flexibility index (Phi) is 4.86. The van der Waals surface area contributed by atoms with Gasteiger partial charge in [0.25, 0.3) is 0 Å². The molecule has 4 heteroatoms. The van der Waals surface area contributed by atoms with Crippen LogP contribution < -0.4 is 5.32 Å². The number of benzene rings is 1. The van der Waals surface area contributed by atoms with E-state index in [9.17, 15) is 4.79 Å². The molecule has 1 N–H and O–H groups in total. The Bertz CT molecular complexity index is 430. The molecule has 1 heterocycles. The summed E-state index contributed by atoms with van der Waals surface area (Å²) in [5, 5.41) is 2.97. The molecule has 2 rings (SSSR count). The second-order valence-electron chi connectivity index (χ2n) is 5.44. The Morgan fingerprint density at radius 2 is 2.05 bits per heavy atom. The predicted molar refractivity (Wildman–Crippen MR) is 81.4 cm³/mol. The second kappa shape index (κ2) is 6.42. The van der Waals surface area contributed by atoms with Gasteiger partial charge in [-0.05, 0) is 44.4 Å². The quantitative estimate of drug-likeness (QED) is 0.882. The van der Waals surface area contributed by atoms with E-state index in [2.05, 4.69) is 45.5 Å². The van der Waals surface area contributed by atoms with E-state index in [1.165, 1.54) is 5.56 Å². The van der Waals surface area contributed by atoms with E-state index < -0.39 is 0 Å². The van der Waals surface area contributed by atoms with E-state index in [4.69, 9.17) is 0 Å². The average molecular weight is 325 g/mol. The van der Waals surface area contributed by atoms with E-state index in [1.807, 2.05) is 18.7 Å². The summed E-state index contributed by atoms with van der Waals surface area (Å²) < 4.78 is 1.10. The molecule has 1 unspecified atom stereocenters. The summed E-state index contributed by atoms with van der Waals surface area (Å²) in [5.41, 5.74) is 1.32. The van der Waals surface area contributed by atoms with E-state index >= 15 is 0 Å². The summed E-state index contributed by atoms with van der Waals surface area (Å²) in [6.45, 7) is 5.67. The molecule has 1 atom stereocenters. The fourth-order valence-electron chi connectivity index (χ4n) is 2.51. The van der Waals surface area contributed by atoms with Crippen molar-refractivity contribution in [1.82, 2.24) is 10.2 Å². The maximum Gasteiger partial charge on any atom is 0.317 e. The maximum absolute atomic E-state index is 12.0. The normalized spacial score (nSPS) is 19.6. The van der Waals surface area contributed by atoms with Gasteiger partial charge in [0.1, 0.15) is 0 Å². The molecule has 1 aromatic carbocycles. The number of nitrogens with zero attached hydrogens (tertiary/aromatic N) is 1. The first kappa shape index (κ1) is 14.4. The first-order chi connectivity index (χ1) is 9.06. The summed E-state index contributed by atoms with van der Waals surface area (Å²) in [4.78, 5) is 14.0. The van der Waals surface area contributed by atoms with Crippen molar-refractivity contribution < 1.29 is 4.79 Å². The Balaban J connectivity index is 2.00. The third-order valence-electron chi connectivity index (χ3n) is 3.46. The topological polar surface area (TPSA) is 32.3 Å². The van der Waals surface area contributed by atoms with Crippen molar-refractivity contribution in [2.45, 2.75) is 38.6 Å². The number of hydrogen-bond donors (Lipinski definition) is 1. The number of nitrogens with one attached hydrogen (secondary N) is 1. The van der Waals surface area contributed by atoms with Crippen LogP contribution in [0.25, 0.3) is 0 Å². The zero-order valence-corrected chi connectivity index (χ0v) is 13.1. The molecule has 0 aromatic heterocycles. The smallest absolute Gasteiger partial charge is 0.317 e. The molecule has 19 heavy (non-hydrogen) atoms. The lowest BCUT2D eigenvalue weighted by Gasteiger charge is -2.33. The number of urea groups is 1. The van der Waals surface area contributed by atoms with Crippen molar-refractivity contribution in [1.29, 1.82) is 0 Å². The molecule has 1 fully saturated rings. The number of carbonyl (C=O) groups is 1. The molecule has 1 saturated heterocycles. The van der Waals surface area contributed by atoms with Gasteiger partial charge in [-0.1, -0.05) is 28.1 Å². The first-order valence-corrected chi connectivity index (χ1v) is 7.66. The van der Waals surface area contributed by atoms with Crippen LogP contribution in [0.3, 0.4) is 0 Å². The predicted octanol–water partition coefficient (Wildman–Crippen LogP) is 3.75. The molecule has 1 aliphatic heterocycles. The van der Waals surface area contributed by atoms with Crippen LogP contribution in [0, 0.1) is 0 Å². The molecule has 0 radical (unpaired) electrons. The molecular formula is C15H21BrN2O. The lowest BCUT2D eigenvalue weighted by Crippen LogP contribution is -2.46. The second-order valence-corrected chi connectivity index (χ2v) is 6.36. The zero-order chi connectivity index (χ0) is 13.8. The molecule has 3 nitrogen and oxygen atoms in total. The summed E-state index contributed by atoms with van der Waals surface area (Å²) in [7, 11) is 0. The van der Waals surface area contributed by atoms with Crippen LogP contribution in [0.4, 0.5) is 4.79 Å². The minimum atomic E-state index is 0.0665. The maximum atomic E-state index is 12.0. The van der Waals surface area contributed by atoms with Crippen LogP contribution in [0.15, 0.2) is 28.7 Å². The lowest BCUT2D eigenvalue weighted by molar-refractivity contribution is 0.177. The molecule has 0 spiro atoms. The standard InChI is InChI=1S/C15H21BrN2O/c1-11(2)17-15(19)18-9-3-4-13(10-18)12-5-7-14(16)8-6-12/h5-8,11,13H,3-4,9-10H2,1-2H3,(H,17,19). The van der Waals surface area contributed by atoms with E-state index in [0.717, 1.165) is 30.4 Å². The average Bonchev–Trinajstić information content (AvgIpc) is 2.39. The minimum absolute atomic E-state index is 0.0665. The molecule has 1 aliphatic rings.